The Hall–Kier alpha value is -2.46. The molecule has 4 heteroatoms. The largest absolute Gasteiger partial charge is 0.379 e. The van der Waals surface area contributed by atoms with Crippen molar-refractivity contribution in [3.63, 3.8) is 0 Å². The number of rotatable bonds is 3. The van der Waals surface area contributed by atoms with Crippen molar-refractivity contribution in [3.05, 3.63) is 83.9 Å². The van der Waals surface area contributed by atoms with Crippen LogP contribution in [0.1, 0.15) is 18.2 Å². The Morgan fingerprint density at radius 3 is 2.52 bits per heavy atom. The van der Waals surface area contributed by atoms with Crippen LogP contribution in [0.15, 0.2) is 66.9 Å². The predicted molar refractivity (Wildman–Crippen MR) is 78.6 cm³/mol. The smallest absolute Gasteiger partial charge is 0.129 e. The third kappa shape index (κ3) is 2.45. The van der Waals surface area contributed by atoms with Gasteiger partial charge in [-0.25, -0.2) is 9.07 Å². The zero-order valence-corrected chi connectivity index (χ0v) is 11.6. The first-order valence-corrected chi connectivity index (χ1v) is 6.67. The SMILES string of the molecule is CC(O)(c1cccc(F)c1)c1ccnn1-c1ccccc1. The van der Waals surface area contributed by atoms with E-state index in [1.165, 1.54) is 12.1 Å². The van der Waals surface area contributed by atoms with Crippen molar-refractivity contribution >= 4 is 0 Å². The topological polar surface area (TPSA) is 38.1 Å². The second-order valence-corrected chi connectivity index (χ2v) is 5.05. The second-order valence-electron chi connectivity index (χ2n) is 5.05. The van der Waals surface area contributed by atoms with Gasteiger partial charge in [-0.3, -0.25) is 0 Å². The Morgan fingerprint density at radius 1 is 1.05 bits per heavy atom. The third-order valence-electron chi connectivity index (χ3n) is 3.53. The van der Waals surface area contributed by atoms with Crippen LogP contribution in [0, 0.1) is 5.82 Å². The molecule has 2 aromatic carbocycles. The van der Waals surface area contributed by atoms with E-state index in [2.05, 4.69) is 5.10 Å². The van der Waals surface area contributed by atoms with E-state index in [-0.39, 0.29) is 5.82 Å². The van der Waals surface area contributed by atoms with Gasteiger partial charge in [-0.15, -0.1) is 0 Å². The van der Waals surface area contributed by atoms with E-state index < -0.39 is 5.60 Å². The molecule has 1 unspecified atom stereocenters. The van der Waals surface area contributed by atoms with E-state index in [0.717, 1.165) is 5.69 Å². The van der Waals surface area contributed by atoms with Gasteiger partial charge in [-0.1, -0.05) is 30.3 Å². The Morgan fingerprint density at radius 2 is 1.81 bits per heavy atom. The van der Waals surface area contributed by atoms with Gasteiger partial charge in [0.05, 0.1) is 11.4 Å². The van der Waals surface area contributed by atoms with Crippen molar-refractivity contribution in [2.75, 3.05) is 0 Å². The lowest BCUT2D eigenvalue weighted by Gasteiger charge is -2.25. The van der Waals surface area contributed by atoms with Gasteiger partial charge in [0.15, 0.2) is 0 Å². The van der Waals surface area contributed by atoms with Gasteiger partial charge in [0, 0.05) is 6.20 Å². The molecule has 3 nitrogen and oxygen atoms in total. The Labute approximate surface area is 122 Å². The van der Waals surface area contributed by atoms with Gasteiger partial charge in [0.2, 0.25) is 0 Å². The highest BCUT2D eigenvalue weighted by Gasteiger charge is 2.30. The summed E-state index contributed by atoms with van der Waals surface area (Å²) >= 11 is 0. The predicted octanol–water partition coefficient (Wildman–Crippen LogP) is 3.27. The first kappa shape index (κ1) is 13.5. The van der Waals surface area contributed by atoms with Crippen molar-refractivity contribution in [3.8, 4) is 5.69 Å². The van der Waals surface area contributed by atoms with E-state index in [4.69, 9.17) is 0 Å². The lowest BCUT2D eigenvalue weighted by Crippen LogP contribution is -2.26. The molecule has 0 aliphatic carbocycles. The van der Waals surface area contributed by atoms with Crippen LogP contribution < -0.4 is 0 Å². The van der Waals surface area contributed by atoms with Crippen molar-refractivity contribution < 1.29 is 9.50 Å². The third-order valence-corrected chi connectivity index (χ3v) is 3.53. The molecule has 0 radical (unpaired) electrons. The minimum Gasteiger partial charge on any atom is -0.379 e. The highest BCUT2D eigenvalue weighted by molar-refractivity contribution is 5.38. The van der Waals surface area contributed by atoms with Crippen LogP contribution in [0.3, 0.4) is 0 Å². The van der Waals surface area contributed by atoms with Crippen LogP contribution in [0.2, 0.25) is 0 Å². The fourth-order valence-corrected chi connectivity index (χ4v) is 2.39. The van der Waals surface area contributed by atoms with Crippen LogP contribution >= 0.6 is 0 Å². The zero-order valence-electron chi connectivity index (χ0n) is 11.6. The number of hydrogen-bond acceptors (Lipinski definition) is 2. The molecule has 1 aromatic heterocycles. The molecule has 106 valence electrons. The molecule has 0 saturated heterocycles. The summed E-state index contributed by atoms with van der Waals surface area (Å²) in [4.78, 5) is 0. The van der Waals surface area contributed by atoms with Gasteiger partial charge in [-0.2, -0.15) is 5.10 Å². The summed E-state index contributed by atoms with van der Waals surface area (Å²) in [5.74, 6) is -0.376. The van der Waals surface area contributed by atoms with Crippen molar-refractivity contribution in [1.29, 1.82) is 0 Å². The van der Waals surface area contributed by atoms with Gasteiger partial charge in [-0.05, 0) is 42.8 Å². The van der Waals surface area contributed by atoms with E-state index >= 15 is 0 Å². The normalized spacial score (nSPS) is 13.9. The molecular formula is C17H15FN2O. The summed E-state index contributed by atoms with van der Waals surface area (Å²) in [6, 6.07) is 17.2. The number of aliphatic hydroxyl groups is 1. The molecule has 3 aromatic rings. The summed E-state index contributed by atoms with van der Waals surface area (Å²) in [6.07, 6.45) is 1.62. The van der Waals surface area contributed by atoms with E-state index in [0.29, 0.717) is 11.3 Å². The molecule has 1 atom stereocenters. The van der Waals surface area contributed by atoms with Crippen LogP contribution in [0.5, 0.6) is 0 Å². The number of hydrogen-bond donors (Lipinski definition) is 1. The molecule has 3 rings (SSSR count). The number of halogens is 1. The Bertz CT molecular complexity index is 750. The lowest BCUT2D eigenvalue weighted by atomic mass is 9.92. The highest BCUT2D eigenvalue weighted by Crippen LogP contribution is 2.30. The summed E-state index contributed by atoms with van der Waals surface area (Å²) in [7, 11) is 0. The van der Waals surface area contributed by atoms with Crippen molar-refractivity contribution in [2.45, 2.75) is 12.5 Å². The number of benzene rings is 2. The van der Waals surface area contributed by atoms with Gasteiger partial charge >= 0.3 is 0 Å². The zero-order chi connectivity index (χ0) is 14.9. The van der Waals surface area contributed by atoms with Gasteiger partial charge in [0.1, 0.15) is 11.4 Å². The molecule has 1 N–H and O–H groups in total. The molecule has 1 heterocycles. The van der Waals surface area contributed by atoms with E-state index in [1.54, 1.807) is 36.0 Å². The van der Waals surface area contributed by atoms with Crippen LogP contribution in [0.25, 0.3) is 5.69 Å². The first-order valence-electron chi connectivity index (χ1n) is 6.67. The minimum atomic E-state index is -1.34. The maximum Gasteiger partial charge on any atom is 0.129 e. The van der Waals surface area contributed by atoms with Crippen LogP contribution in [0.4, 0.5) is 4.39 Å². The first-order chi connectivity index (χ1) is 10.1. The number of para-hydroxylation sites is 1. The molecule has 0 saturated carbocycles. The summed E-state index contributed by atoms with van der Waals surface area (Å²) in [6.45, 7) is 1.64. The fraction of sp³-hybridized carbons (Fsp3) is 0.118. The monoisotopic (exact) mass is 282 g/mol. The van der Waals surface area contributed by atoms with Crippen molar-refractivity contribution in [2.24, 2.45) is 0 Å². The summed E-state index contributed by atoms with van der Waals surface area (Å²) < 4.78 is 15.1. The molecule has 0 spiro atoms. The Balaban J connectivity index is 2.11. The number of aromatic nitrogens is 2. The average molecular weight is 282 g/mol. The van der Waals surface area contributed by atoms with Crippen LogP contribution in [-0.2, 0) is 5.60 Å². The molecule has 0 aliphatic rings. The van der Waals surface area contributed by atoms with E-state index in [9.17, 15) is 9.50 Å². The summed E-state index contributed by atoms with van der Waals surface area (Å²) in [5.41, 5.74) is 0.572. The maximum atomic E-state index is 13.4. The standard InChI is InChI=1S/C17H15FN2O/c1-17(21,13-6-5-7-14(18)12-13)16-10-11-19-20(16)15-8-3-2-4-9-15/h2-12,21H,1H3. The van der Waals surface area contributed by atoms with Crippen molar-refractivity contribution in [1.82, 2.24) is 9.78 Å². The Kier molecular flexibility index (Phi) is 3.31. The maximum absolute atomic E-state index is 13.4. The number of nitrogens with zero attached hydrogens (tertiary/aromatic N) is 2. The quantitative estimate of drug-likeness (QED) is 0.800. The fourth-order valence-electron chi connectivity index (χ4n) is 2.39. The minimum absolute atomic E-state index is 0.376. The summed E-state index contributed by atoms with van der Waals surface area (Å²) in [5, 5.41) is 15.1. The average Bonchev–Trinajstić information content (AvgIpc) is 2.98. The molecule has 0 aliphatic heterocycles. The van der Waals surface area contributed by atoms with E-state index in [1.807, 2.05) is 30.3 Å². The highest BCUT2D eigenvalue weighted by atomic mass is 19.1. The lowest BCUT2D eigenvalue weighted by molar-refractivity contribution is 0.0942. The molecular weight excluding hydrogens is 267 g/mol. The van der Waals surface area contributed by atoms with Gasteiger partial charge < -0.3 is 5.11 Å². The van der Waals surface area contributed by atoms with Crippen LogP contribution in [-0.4, -0.2) is 14.9 Å². The molecule has 21 heavy (non-hydrogen) atoms. The molecule has 0 fully saturated rings. The molecule has 0 amide bonds. The molecule has 0 bridgehead atoms. The second kappa shape index (κ2) is 5.14. The van der Waals surface area contributed by atoms with Gasteiger partial charge in [0.25, 0.3) is 0 Å².